The number of fused-ring (bicyclic) bond motifs is 1. The third-order valence-corrected chi connectivity index (χ3v) is 3.63. The van der Waals surface area contributed by atoms with Crippen molar-refractivity contribution in [2.45, 2.75) is 19.6 Å². The first-order chi connectivity index (χ1) is 8.72. The molecule has 0 saturated heterocycles. The molecule has 3 rings (SSSR count). The highest BCUT2D eigenvalue weighted by Gasteiger charge is 2.16. The van der Waals surface area contributed by atoms with Gasteiger partial charge in [0.05, 0.1) is 17.3 Å². The molecule has 2 N–H and O–H groups in total. The second kappa shape index (κ2) is 4.63. The molecule has 0 amide bonds. The van der Waals surface area contributed by atoms with Gasteiger partial charge in [-0.3, -0.25) is 4.90 Å². The van der Waals surface area contributed by atoms with Crippen molar-refractivity contribution in [2.24, 2.45) is 0 Å². The minimum Gasteiger partial charge on any atom is -0.398 e. The van der Waals surface area contributed by atoms with Crippen LogP contribution < -0.4 is 5.73 Å². The van der Waals surface area contributed by atoms with Crippen LogP contribution in [0.4, 0.5) is 5.69 Å². The Bertz CT molecular complexity index is 564. The van der Waals surface area contributed by atoms with Gasteiger partial charge in [-0.2, -0.15) is 0 Å². The predicted octanol–water partition coefficient (Wildman–Crippen LogP) is 2.13. The summed E-state index contributed by atoms with van der Waals surface area (Å²) in [7, 11) is 0. The van der Waals surface area contributed by atoms with Crippen molar-refractivity contribution in [3.8, 4) is 0 Å². The Balaban J connectivity index is 1.72. The molecule has 2 heterocycles. The molecule has 1 aliphatic heterocycles. The van der Waals surface area contributed by atoms with Crippen molar-refractivity contribution in [2.75, 3.05) is 12.3 Å². The number of aromatic nitrogens is 2. The molecule has 0 fully saturated rings. The summed E-state index contributed by atoms with van der Waals surface area (Å²) in [5.74, 6) is 1.13. The predicted molar refractivity (Wildman–Crippen MR) is 72.2 cm³/mol. The van der Waals surface area contributed by atoms with E-state index in [0.717, 1.165) is 32.0 Å². The maximum Gasteiger partial charge on any atom is 0.122 e. The molecule has 1 aromatic carbocycles. The van der Waals surface area contributed by atoms with Crippen LogP contribution in [-0.2, 0) is 19.6 Å². The van der Waals surface area contributed by atoms with Crippen LogP contribution >= 0.6 is 11.6 Å². The number of nitrogens with two attached hydrogens (primary N) is 1. The maximum absolute atomic E-state index is 5.92. The Labute approximate surface area is 111 Å². The highest BCUT2D eigenvalue weighted by Crippen LogP contribution is 2.21. The Kier molecular flexibility index (Phi) is 2.97. The van der Waals surface area contributed by atoms with E-state index >= 15 is 0 Å². The summed E-state index contributed by atoms with van der Waals surface area (Å²) in [6.07, 6.45) is 3.89. The molecule has 1 aromatic heterocycles. The molecule has 0 aliphatic carbocycles. The van der Waals surface area contributed by atoms with Gasteiger partial charge in [-0.1, -0.05) is 17.7 Å². The first-order valence-corrected chi connectivity index (χ1v) is 6.36. The Morgan fingerprint density at radius 2 is 2.22 bits per heavy atom. The molecule has 5 heteroatoms. The second-order valence-electron chi connectivity index (χ2n) is 4.60. The van der Waals surface area contributed by atoms with Crippen LogP contribution in [0.5, 0.6) is 0 Å². The number of imidazole rings is 1. The van der Waals surface area contributed by atoms with E-state index < -0.39 is 0 Å². The van der Waals surface area contributed by atoms with Gasteiger partial charge in [-0.25, -0.2) is 4.98 Å². The third-order valence-electron chi connectivity index (χ3n) is 3.29. The van der Waals surface area contributed by atoms with Crippen LogP contribution in [0.1, 0.15) is 11.4 Å². The summed E-state index contributed by atoms with van der Waals surface area (Å²) in [6, 6.07) is 5.83. The average molecular weight is 263 g/mol. The fraction of sp³-hybridized carbons (Fsp3) is 0.308. The molecule has 0 bridgehead atoms. The smallest absolute Gasteiger partial charge is 0.122 e. The molecule has 2 aromatic rings. The number of halogens is 1. The molecule has 0 atom stereocenters. The van der Waals surface area contributed by atoms with Crippen LogP contribution in [0, 0.1) is 0 Å². The van der Waals surface area contributed by atoms with Crippen LogP contribution in [0.15, 0.2) is 30.6 Å². The number of nitrogen functional groups attached to an aromatic ring is 1. The molecular weight excluding hydrogens is 248 g/mol. The van der Waals surface area contributed by atoms with E-state index in [9.17, 15) is 0 Å². The summed E-state index contributed by atoms with van der Waals surface area (Å²) >= 11 is 5.92. The lowest BCUT2D eigenvalue weighted by Gasteiger charge is -2.27. The van der Waals surface area contributed by atoms with Gasteiger partial charge in [0.25, 0.3) is 0 Å². The van der Waals surface area contributed by atoms with Crippen LogP contribution in [0.2, 0.25) is 5.02 Å². The van der Waals surface area contributed by atoms with E-state index in [4.69, 9.17) is 17.3 Å². The summed E-state index contributed by atoms with van der Waals surface area (Å²) in [5, 5.41) is 0.618. The van der Waals surface area contributed by atoms with Crippen molar-refractivity contribution in [1.82, 2.24) is 14.5 Å². The Morgan fingerprint density at radius 3 is 3.06 bits per heavy atom. The minimum absolute atomic E-state index is 0.618. The first kappa shape index (κ1) is 11.6. The summed E-state index contributed by atoms with van der Waals surface area (Å²) in [5.41, 5.74) is 7.66. The number of rotatable bonds is 2. The Hall–Kier alpha value is -1.52. The second-order valence-corrected chi connectivity index (χ2v) is 5.01. The van der Waals surface area contributed by atoms with E-state index in [0.29, 0.717) is 10.7 Å². The topological polar surface area (TPSA) is 47.1 Å². The van der Waals surface area contributed by atoms with E-state index in [1.54, 1.807) is 0 Å². The lowest BCUT2D eigenvalue weighted by Crippen LogP contribution is -2.33. The van der Waals surface area contributed by atoms with Gasteiger partial charge in [0.2, 0.25) is 0 Å². The molecule has 94 valence electrons. The van der Waals surface area contributed by atoms with Gasteiger partial charge in [-0.15, -0.1) is 0 Å². The van der Waals surface area contributed by atoms with Crippen molar-refractivity contribution in [1.29, 1.82) is 0 Å². The molecule has 0 saturated carbocycles. The van der Waals surface area contributed by atoms with Gasteiger partial charge in [0.1, 0.15) is 5.82 Å². The summed E-state index contributed by atoms with van der Waals surface area (Å²) in [6.45, 7) is 3.80. The fourth-order valence-electron chi connectivity index (χ4n) is 2.31. The van der Waals surface area contributed by atoms with Crippen LogP contribution in [-0.4, -0.2) is 21.0 Å². The quantitative estimate of drug-likeness (QED) is 0.844. The molecular formula is C13H15ClN4. The minimum atomic E-state index is 0.618. The van der Waals surface area contributed by atoms with Gasteiger partial charge in [-0.05, 0) is 17.7 Å². The Morgan fingerprint density at radius 1 is 1.33 bits per heavy atom. The number of nitrogens with zero attached hydrogens (tertiary/aromatic N) is 3. The summed E-state index contributed by atoms with van der Waals surface area (Å²) in [4.78, 5) is 6.72. The zero-order valence-electron chi connectivity index (χ0n) is 10.0. The largest absolute Gasteiger partial charge is 0.398 e. The number of anilines is 1. The SMILES string of the molecule is Nc1cc(CN2CCn3ccnc3C2)ccc1Cl. The highest BCUT2D eigenvalue weighted by molar-refractivity contribution is 6.33. The van der Waals surface area contributed by atoms with Crippen molar-refractivity contribution in [3.05, 3.63) is 47.0 Å². The van der Waals surface area contributed by atoms with E-state index in [1.165, 1.54) is 5.56 Å². The summed E-state index contributed by atoms with van der Waals surface area (Å²) < 4.78 is 2.20. The first-order valence-electron chi connectivity index (χ1n) is 5.98. The van der Waals surface area contributed by atoms with E-state index in [1.807, 2.05) is 30.6 Å². The van der Waals surface area contributed by atoms with Crippen LogP contribution in [0.3, 0.4) is 0 Å². The maximum atomic E-state index is 5.92. The fourth-order valence-corrected chi connectivity index (χ4v) is 2.43. The molecule has 0 unspecified atom stereocenters. The molecule has 4 nitrogen and oxygen atoms in total. The van der Waals surface area contributed by atoms with Gasteiger partial charge in [0.15, 0.2) is 0 Å². The highest BCUT2D eigenvalue weighted by atomic mass is 35.5. The average Bonchev–Trinajstić information content (AvgIpc) is 2.81. The van der Waals surface area contributed by atoms with Gasteiger partial charge in [0, 0.05) is 32.0 Å². The van der Waals surface area contributed by atoms with Crippen molar-refractivity contribution < 1.29 is 0 Å². The molecule has 0 radical (unpaired) electrons. The van der Waals surface area contributed by atoms with Gasteiger partial charge >= 0.3 is 0 Å². The van der Waals surface area contributed by atoms with Crippen molar-refractivity contribution in [3.63, 3.8) is 0 Å². The number of benzene rings is 1. The normalized spacial score (nSPS) is 15.6. The molecule has 18 heavy (non-hydrogen) atoms. The zero-order chi connectivity index (χ0) is 12.5. The van der Waals surface area contributed by atoms with Crippen molar-refractivity contribution >= 4 is 17.3 Å². The van der Waals surface area contributed by atoms with E-state index in [2.05, 4.69) is 14.5 Å². The lowest BCUT2D eigenvalue weighted by molar-refractivity contribution is 0.209. The lowest BCUT2D eigenvalue weighted by atomic mass is 10.2. The van der Waals surface area contributed by atoms with Gasteiger partial charge < -0.3 is 10.3 Å². The number of hydrogen-bond acceptors (Lipinski definition) is 3. The molecule has 1 aliphatic rings. The van der Waals surface area contributed by atoms with E-state index in [-0.39, 0.29) is 0 Å². The monoisotopic (exact) mass is 262 g/mol. The zero-order valence-corrected chi connectivity index (χ0v) is 10.8. The number of hydrogen-bond donors (Lipinski definition) is 1. The standard InChI is InChI=1S/C13H15ClN4/c14-11-2-1-10(7-12(11)15)8-17-5-6-18-4-3-16-13(18)9-17/h1-4,7H,5-6,8-9,15H2. The third kappa shape index (κ3) is 2.21. The van der Waals surface area contributed by atoms with Crippen LogP contribution in [0.25, 0.3) is 0 Å². The molecule has 0 spiro atoms.